The number of nitrogens with one attached hydrogen (secondary N) is 3. The highest BCUT2D eigenvalue weighted by Gasteiger charge is 2.53. The van der Waals surface area contributed by atoms with Crippen LogP contribution >= 0.6 is 0 Å². The van der Waals surface area contributed by atoms with Crippen LogP contribution in [0.25, 0.3) is 0 Å². The van der Waals surface area contributed by atoms with Gasteiger partial charge in [0.25, 0.3) is 6.02 Å². The van der Waals surface area contributed by atoms with E-state index in [4.69, 9.17) is 23.7 Å². The molecular weight excluding hydrogens is 819 g/mol. The summed E-state index contributed by atoms with van der Waals surface area (Å²) in [7, 11) is 1.70. The van der Waals surface area contributed by atoms with Gasteiger partial charge in [-0.2, -0.15) is 0 Å². The fraction of sp³-hybridized carbons (Fsp3) is 0.837. The Kier molecular flexibility index (Phi) is 17.4. The lowest BCUT2D eigenvalue weighted by Crippen LogP contribution is -2.65. The number of aliphatic imine (C=N–C) groups is 1. The number of hydrogen-bond acceptors (Lipinski definition) is 12. The topological polar surface area (TPSA) is 190 Å². The molecule has 0 bridgehead atoms. The number of aliphatic hydroxyl groups excluding tert-OH is 1. The van der Waals surface area contributed by atoms with Gasteiger partial charge in [-0.05, 0) is 127 Å². The van der Waals surface area contributed by atoms with Crippen LogP contribution in [0.15, 0.2) is 29.3 Å². The number of allylic oxidation sites excluding steroid dienone is 1. The molecule has 366 valence electrons. The summed E-state index contributed by atoms with van der Waals surface area (Å²) in [6.07, 6.45) is 1.06. The Balaban J connectivity index is 1.71. The van der Waals surface area contributed by atoms with Crippen LogP contribution in [0.4, 0.5) is 4.79 Å². The Hall–Kier alpha value is -3.56. The van der Waals surface area contributed by atoms with Gasteiger partial charge in [0.2, 0.25) is 5.91 Å². The quantitative estimate of drug-likeness (QED) is 0.0715. The number of carbonyl (C=O) groups is 3. The van der Waals surface area contributed by atoms with Gasteiger partial charge in [-0.1, -0.05) is 27.7 Å². The first-order valence-electron chi connectivity index (χ1n) is 23.7. The first-order chi connectivity index (χ1) is 29.4. The first kappa shape index (κ1) is 53.1. The lowest BCUT2D eigenvalue weighted by Gasteiger charge is -2.52. The molecule has 0 aromatic heterocycles. The second kappa shape index (κ2) is 20.9. The van der Waals surface area contributed by atoms with Gasteiger partial charge in [-0.3, -0.25) is 9.59 Å². The molecule has 0 radical (unpaired) electrons. The molecule has 4 aliphatic rings. The molecule has 2 aliphatic carbocycles. The zero-order valence-corrected chi connectivity index (χ0v) is 42.0. The fourth-order valence-corrected chi connectivity index (χ4v) is 10.1. The highest BCUT2D eigenvalue weighted by Crippen LogP contribution is 2.45. The summed E-state index contributed by atoms with van der Waals surface area (Å²) in [5, 5.41) is 34.4. The Morgan fingerprint density at radius 2 is 1.56 bits per heavy atom. The molecule has 2 heterocycles. The number of Topliss-reactive ketones (excluding diaryl/α,β-unsaturated/α-hetero) is 1. The molecule has 2 aliphatic heterocycles. The maximum Gasteiger partial charge on any atom is 0.408 e. The highest BCUT2D eigenvalue weighted by atomic mass is 16.6. The highest BCUT2D eigenvalue weighted by molar-refractivity contribution is 5.80. The average Bonchev–Trinajstić information content (AvgIpc) is 3.12. The number of likely N-dealkylation sites (tertiary alicyclic amines) is 1. The van der Waals surface area contributed by atoms with Gasteiger partial charge in [0.05, 0.1) is 35.7 Å². The van der Waals surface area contributed by atoms with Crippen molar-refractivity contribution < 1.29 is 48.3 Å². The van der Waals surface area contributed by atoms with Gasteiger partial charge in [0, 0.05) is 62.2 Å². The van der Waals surface area contributed by atoms with E-state index in [1.54, 1.807) is 20.9 Å². The summed E-state index contributed by atoms with van der Waals surface area (Å²) >= 11 is 0. The van der Waals surface area contributed by atoms with E-state index < -0.39 is 88.8 Å². The minimum absolute atomic E-state index is 0.0133. The number of hydrogen-bond donors (Lipinski definition) is 5. The fourth-order valence-electron chi connectivity index (χ4n) is 10.1. The largest absolute Gasteiger partial charge is 0.493 e. The van der Waals surface area contributed by atoms with E-state index >= 15 is 0 Å². The van der Waals surface area contributed by atoms with Gasteiger partial charge in [-0.15, -0.1) is 0 Å². The molecule has 0 aromatic carbocycles. The molecule has 15 nitrogen and oxygen atoms in total. The molecule has 1 saturated heterocycles. The Labute approximate surface area is 384 Å². The van der Waals surface area contributed by atoms with Crippen molar-refractivity contribution in [3.8, 4) is 0 Å². The lowest BCUT2D eigenvalue weighted by atomic mass is 9.63. The third-order valence-corrected chi connectivity index (χ3v) is 13.4. The van der Waals surface area contributed by atoms with Crippen molar-refractivity contribution >= 4 is 23.8 Å². The van der Waals surface area contributed by atoms with Crippen LogP contribution in [-0.4, -0.2) is 124 Å². The van der Waals surface area contributed by atoms with Gasteiger partial charge in [-0.25, -0.2) is 9.79 Å². The average molecular weight is 904 g/mol. The maximum absolute atomic E-state index is 14.4. The Bertz CT molecular complexity index is 1690. The molecule has 2 amide bonds. The van der Waals surface area contributed by atoms with Gasteiger partial charge in [0.1, 0.15) is 34.8 Å². The molecule has 5 N–H and O–H groups in total. The number of rotatable bonds is 14. The van der Waals surface area contributed by atoms with E-state index in [-0.39, 0.29) is 29.4 Å². The molecule has 15 heteroatoms. The number of amidine groups is 1. The van der Waals surface area contributed by atoms with Crippen LogP contribution in [0.3, 0.4) is 0 Å². The SMILES string of the molecule is C=C(NC1C[C@@H](NC(=O)C(C)C2CN(/C(=N/C)OC(C)(C)C)C2)[C@H](OC2CC[C@](C)(O)[C@H](C(C)C(C)=O)C2C)[C@@H](O)[C@@H]1C[C@H]1OC(CC)=CC[C@H]1NC(=O)OC(C)(C)C)OC(C)(C)C. The number of aliphatic hydroxyl groups is 2. The number of carbonyl (C=O) groups excluding carboxylic acids is 3. The summed E-state index contributed by atoms with van der Waals surface area (Å²) < 4.78 is 31.6. The molecular formula is C49H85N5O10. The lowest BCUT2D eigenvalue weighted by molar-refractivity contribution is -0.192. The van der Waals surface area contributed by atoms with Crippen molar-refractivity contribution in [1.29, 1.82) is 0 Å². The van der Waals surface area contributed by atoms with Crippen LogP contribution in [0.2, 0.25) is 0 Å². The number of ether oxygens (including phenoxy) is 5. The predicted molar refractivity (Wildman–Crippen MR) is 248 cm³/mol. The van der Waals surface area contributed by atoms with Crippen molar-refractivity contribution in [1.82, 2.24) is 20.9 Å². The summed E-state index contributed by atoms with van der Waals surface area (Å²) in [5.74, 6) is -1.05. The van der Waals surface area contributed by atoms with Crippen molar-refractivity contribution in [2.75, 3.05) is 20.1 Å². The zero-order chi connectivity index (χ0) is 48.3. The van der Waals surface area contributed by atoms with Crippen LogP contribution in [0.1, 0.15) is 142 Å². The van der Waals surface area contributed by atoms with E-state index in [1.807, 2.05) is 101 Å². The standard InChI is InChI=1S/C49H85N5O10/c1-18-33-19-20-35(53-45(58)64-48(13,14)15)39(60-33)23-34-36(51-31(6)62-46(7,8)9)24-37(52-43(57)28(3)32-25-54(26-32)44(50-17)63-47(10,11)12)42(41(34)56)61-38-21-22-49(16,59)40(29(38)4)27(2)30(5)55/h19,27-29,32,34-42,51,56,59H,6,18,20-26H2,1-5,7-17H3,(H,52,57)(H,53,58)/b50-44-/t27?,28?,29?,34-,35-,36?,37-,38?,39-,40-,41+,42+,49+/m1/s1. The monoisotopic (exact) mass is 904 g/mol. The van der Waals surface area contributed by atoms with E-state index in [0.717, 1.165) is 5.76 Å². The summed E-state index contributed by atoms with van der Waals surface area (Å²) in [4.78, 5) is 46.8. The van der Waals surface area contributed by atoms with Crippen LogP contribution in [0, 0.1) is 35.5 Å². The molecule has 5 unspecified atom stereocenters. The summed E-state index contributed by atoms with van der Waals surface area (Å²) in [6.45, 7) is 33.7. The normalized spacial score (nSPS) is 32.8. The minimum atomic E-state index is -1.16. The van der Waals surface area contributed by atoms with Crippen molar-refractivity contribution in [3.63, 3.8) is 0 Å². The van der Waals surface area contributed by atoms with Crippen LogP contribution < -0.4 is 16.0 Å². The molecule has 2 saturated carbocycles. The maximum atomic E-state index is 14.4. The van der Waals surface area contributed by atoms with E-state index in [2.05, 4.69) is 27.5 Å². The number of nitrogens with zero attached hydrogens (tertiary/aromatic N) is 2. The number of amides is 2. The second-order valence-electron chi connectivity index (χ2n) is 22.3. The Morgan fingerprint density at radius 3 is 2.11 bits per heavy atom. The second-order valence-corrected chi connectivity index (χ2v) is 22.3. The predicted octanol–water partition coefficient (Wildman–Crippen LogP) is 6.61. The van der Waals surface area contributed by atoms with Crippen molar-refractivity contribution in [2.45, 2.75) is 207 Å². The molecule has 64 heavy (non-hydrogen) atoms. The molecule has 0 spiro atoms. The Morgan fingerprint density at radius 1 is 0.953 bits per heavy atom. The van der Waals surface area contributed by atoms with Crippen LogP contribution in [0.5, 0.6) is 0 Å². The minimum Gasteiger partial charge on any atom is -0.493 e. The molecule has 13 atom stereocenters. The summed E-state index contributed by atoms with van der Waals surface area (Å²) in [6, 6.07) is -1.07. The van der Waals surface area contributed by atoms with E-state index in [9.17, 15) is 24.6 Å². The number of ketones is 1. The van der Waals surface area contributed by atoms with Gasteiger partial charge >= 0.3 is 6.09 Å². The third kappa shape index (κ3) is 14.2. The third-order valence-electron chi connectivity index (χ3n) is 13.4. The van der Waals surface area contributed by atoms with Crippen molar-refractivity contribution in [3.05, 3.63) is 24.3 Å². The van der Waals surface area contributed by atoms with E-state index in [1.165, 1.54) is 0 Å². The summed E-state index contributed by atoms with van der Waals surface area (Å²) in [5.41, 5.74) is -2.80. The van der Waals surface area contributed by atoms with E-state index in [0.29, 0.717) is 63.5 Å². The van der Waals surface area contributed by atoms with Crippen molar-refractivity contribution in [2.24, 2.45) is 40.5 Å². The van der Waals surface area contributed by atoms with Crippen LogP contribution in [-0.2, 0) is 33.3 Å². The smallest absolute Gasteiger partial charge is 0.408 e. The van der Waals surface area contributed by atoms with Gasteiger partial charge in [0.15, 0.2) is 5.88 Å². The van der Waals surface area contributed by atoms with Gasteiger partial charge < -0.3 is 54.7 Å². The zero-order valence-electron chi connectivity index (χ0n) is 42.0. The number of alkyl carbamates (subject to hydrolysis) is 1. The first-order valence-corrected chi connectivity index (χ1v) is 23.7. The molecule has 0 aromatic rings. The molecule has 3 fully saturated rings. The molecule has 4 rings (SSSR count).